The quantitative estimate of drug-likeness (QED) is 0.506. The molecular formula is C7H15N3. The lowest BCUT2D eigenvalue weighted by Gasteiger charge is -2.09. The molecule has 0 bridgehead atoms. The number of hydrogen-bond donors (Lipinski definition) is 3. The SMILES string of the molecule is CN/C(N)=C(\C=N)C(C)C. The zero-order valence-electron chi connectivity index (χ0n) is 6.73. The highest BCUT2D eigenvalue weighted by atomic mass is 15.0. The van der Waals surface area contributed by atoms with Crippen molar-refractivity contribution in [3.05, 3.63) is 11.4 Å². The van der Waals surface area contributed by atoms with Crippen LogP contribution >= 0.6 is 0 Å². The summed E-state index contributed by atoms with van der Waals surface area (Å²) in [5.41, 5.74) is 6.40. The molecule has 3 heteroatoms. The van der Waals surface area contributed by atoms with E-state index in [1.807, 2.05) is 13.8 Å². The maximum Gasteiger partial charge on any atom is 0.101 e. The smallest absolute Gasteiger partial charge is 0.101 e. The fraction of sp³-hybridized carbons (Fsp3) is 0.571. The Kier molecular flexibility index (Phi) is 3.54. The molecule has 0 amide bonds. The monoisotopic (exact) mass is 141 g/mol. The molecule has 0 rings (SSSR count). The van der Waals surface area contributed by atoms with E-state index in [1.54, 1.807) is 7.05 Å². The second-order valence-corrected chi connectivity index (χ2v) is 2.42. The van der Waals surface area contributed by atoms with Crippen molar-refractivity contribution in [3.63, 3.8) is 0 Å². The standard InChI is InChI=1S/C7H15N3/c1-5(2)6(4-8)7(9)10-3/h4-5,8,10H,9H2,1-3H3/b7-6+,8-4?. The van der Waals surface area contributed by atoms with Gasteiger partial charge in [0.15, 0.2) is 0 Å². The van der Waals surface area contributed by atoms with Crippen molar-refractivity contribution >= 4 is 6.21 Å². The van der Waals surface area contributed by atoms with Gasteiger partial charge < -0.3 is 16.5 Å². The summed E-state index contributed by atoms with van der Waals surface area (Å²) in [7, 11) is 1.75. The van der Waals surface area contributed by atoms with Gasteiger partial charge in [-0.2, -0.15) is 0 Å². The van der Waals surface area contributed by atoms with Crippen LogP contribution in [0.15, 0.2) is 11.4 Å². The lowest BCUT2D eigenvalue weighted by molar-refractivity contribution is 0.770. The predicted molar refractivity (Wildman–Crippen MR) is 43.9 cm³/mol. The molecule has 3 nitrogen and oxygen atoms in total. The first-order valence-corrected chi connectivity index (χ1v) is 3.31. The van der Waals surface area contributed by atoms with E-state index >= 15 is 0 Å². The van der Waals surface area contributed by atoms with Gasteiger partial charge in [-0.3, -0.25) is 0 Å². The number of nitrogens with one attached hydrogen (secondary N) is 2. The summed E-state index contributed by atoms with van der Waals surface area (Å²) in [4.78, 5) is 0. The molecule has 0 saturated carbocycles. The summed E-state index contributed by atoms with van der Waals surface area (Å²) < 4.78 is 0. The van der Waals surface area contributed by atoms with Crippen LogP contribution in [0.5, 0.6) is 0 Å². The average Bonchev–Trinajstić information content (AvgIpc) is 1.88. The van der Waals surface area contributed by atoms with Crippen molar-refractivity contribution in [1.29, 1.82) is 5.41 Å². The van der Waals surface area contributed by atoms with Gasteiger partial charge in [0.25, 0.3) is 0 Å². The van der Waals surface area contributed by atoms with Crippen LogP contribution in [0.1, 0.15) is 13.8 Å². The van der Waals surface area contributed by atoms with Crippen LogP contribution in [0, 0.1) is 11.3 Å². The molecule has 0 heterocycles. The highest BCUT2D eigenvalue weighted by molar-refractivity contribution is 5.77. The molecule has 58 valence electrons. The molecule has 10 heavy (non-hydrogen) atoms. The molecule has 0 aromatic rings. The Bertz CT molecular complexity index is 147. The Morgan fingerprint density at radius 3 is 2.20 bits per heavy atom. The van der Waals surface area contributed by atoms with Crippen molar-refractivity contribution in [3.8, 4) is 0 Å². The predicted octanol–water partition coefficient (Wildman–Crippen LogP) is 0.682. The van der Waals surface area contributed by atoms with Gasteiger partial charge in [0.2, 0.25) is 0 Å². The van der Waals surface area contributed by atoms with E-state index in [4.69, 9.17) is 11.1 Å². The summed E-state index contributed by atoms with van der Waals surface area (Å²) in [5, 5.41) is 9.82. The number of rotatable bonds is 3. The van der Waals surface area contributed by atoms with Crippen LogP contribution in [0.4, 0.5) is 0 Å². The van der Waals surface area contributed by atoms with Crippen LogP contribution in [0.25, 0.3) is 0 Å². The first-order chi connectivity index (χ1) is 4.63. The minimum atomic E-state index is 0.310. The minimum Gasteiger partial charge on any atom is -0.385 e. The summed E-state index contributed by atoms with van der Waals surface area (Å²) >= 11 is 0. The van der Waals surface area contributed by atoms with Gasteiger partial charge in [-0.1, -0.05) is 13.8 Å². The van der Waals surface area contributed by atoms with E-state index in [0.717, 1.165) is 5.57 Å². The highest BCUT2D eigenvalue weighted by Gasteiger charge is 2.02. The van der Waals surface area contributed by atoms with Gasteiger partial charge in [0, 0.05) is 18.8 Å². The molecular weight excluding hydrogens is 126 g/mol. The van der Waals surface area contributed by atoms with E-state index in [2.05, 4.69) is 5.32 Å². The third-order valence-electron chi connectivity index (χ3n) is 1.36. The third-order valence-corrected chi connectivity index (χ3v) is 1.36. The number of hydrogen-bond acceptors (Lipinski definition) is 3. The first-order valence-electron chi connectivity index (χ1n) is 3.31. The topological polar surface area (TPSA) is 61.9 Å². The van der Waals surface area contributed by atoms with Crippen LogP contribution < -0.4 is 11.1 Å². The molecule has 0 spiro atoms. The normalized spacial score (nSPS) is 12.8. The van der Waals surface area contributed by atoms with Crippen LogP contribution in [-0.2, 0) is 0 Å². The molecule has 4 N–H and O–H groups in total. The minimum absolute atomic E-state index is 0.310. The zero-order valence-corrected chi connectivity index (χ0v) is 6.73. The van der Waals surface area contributed by atoms with Gasteiger partial charge >= 0.3 is 0 Å². The van der Waals surface area contributed by atoms with E-state index in [1.165, 1.54) is 6.21 Å². The lowest BCUT2D eigenvalue weighted by Crippen LogP contribution is -2.20. The number of nitrogens with two attached hydrogens (primary N) is 1. The summed E-state index contributed by atoms with van der Waals surface area (Å²) in [5.74, 6) is 0.898. The molecule has 0 aliphatic carbocycles. The number of allylic oxidation sites excluding steroid dienone is 1. The first kappa shape index (κ1) is 9.01. The zero-order chi connectivity index (χ0) is 8.15. The second kappa shape index (κ2) is 3.93. The van der Waals surface area contributed by atoms with Crippen molar-refractivity contribution in [2.24, 2.45) is 11.7 Å². The van der Waals surface area contributed by atoms with Gasteiger partial charge in [-0.25, -0.2) is 0 Å². The molecule has 0 fully saturated rings. The van der Waals surface area contributed by atoms with E-state index in [-0.39, 0.29) is 0 Å². The Hall–Kier alpha value is -0.990. The van der Waals surface area contributed by atoms with E-state index in [0.29, 0.717) is 11.7 Å². The molecule has 0 atom stereocenters. The van der Waals surface area contributed by atoms with Gasteiger partial charge in [0.1, 0.15) is 5.82 Å². The molecule has 0 radical (unpaired) electrons. The van der Waals surface area contributed by atoms with E-state index in [9.17, 15) is 0 Å². The molecule has 0 aromatic heterocycles. The van der Waals surface area contributed by atoms with Crippen molar-refractivity contribution in [1.82, 2.24) is 5.32 Å². The Morgan fingerprint density at radius 2 is 2.10 bits per heavy atom. The summed E-state index contributed by atoms with van der Waals surface area (Å²) in [6.07, 6.45) is 1.29. The van der Waals surface area contributed by atoms with Gasteiger partial charge in [-0.05, 0) is 5.92 Å². The molecule has 0 aliphatic heterocycles. The second-order valence-electron chi connectivity index (χ2n) is 2.42. The van der Waals surface area contributed by atoms with Gasteiger partial charge in [-0.15, -0.1) is 0 Å². The van der Waals surface area contributed by atoms with Crippen LogP contribution in [-0.4, -0.2) is 13.3 Å². The van der Waals surface area contributed by atoms with E-state index < -0.39 is 0 Å². The van der Waals surface area contributed by atoms with Gasteiger partial charge in [0.05, 0.1) is 0 Å². The Morgan fingerprint density at radius 1 is 1.60 bits per heavy atom. The largest absolute Gasteiger partial charge is 0.385 e. The Balaban J connectivity index is 4.45. The lowest BCUT2D eigenvalue weighted by atomic mass is 10.1. The molecule has 0 aliphatic rings. The summed E-state index contributed by atoms with van der Waals surface area (Å²) in [6, 6.07) is 0. The van der Waals surface area contributed by atoms with Crippen molar-refractivity contribution < 1.29 is 0 Å². The van der Waals surface area contributed by atoms with Crippen LogP contribution in [0.2, 0.25) is 0 Å². The third kappa shape index (κ3) is 2.09. The summed E-state index contributed by atoms with van der Waals surface area (Å²) in [6.45, 7) is 4.01. The average molecular weight is 141 g/mol. The Labute approximate surface area is 61.8 Å². The fourth-order valence-electron chi connectivity index (χ4n) is 0.700. The fourth-order valence-corrected chi connectivity index (χ4v) is 0.700. The van der Waals surface area contributed by atoms with Crippen molar-refractivity contribution in [2.45, 2.75) is 13.8 Å². The van der Waals surface area contributed by atoms with Crippen molar-refractivity contribution in [2.75, 3.05) is 7.05 Å². The molecule has 0 saturated heterocycles. The maximum absolute atomic E-state index is 7.02. The van der Waals surface area contributed by atoms with Crippen LogP contribution in [0.3, 0.4) is 0 Å². The highest BCUT2D eigenvalue weighted by Crippen LogP contribution is 2.06. The molecule has 0 aromatic carbocycles. The maximum atomic E-state index is 7.02. The molecule has 0 unspecified atom stereocenters.